The molecule has 20 heavy (non-hydrogen) atoms. The van der Waals surface area contributed by atoms with Gasteiger partial charge in [-0.25, -0.2) is 0 Å². The first-order valence-electron chi connectivity index (χ1n) is 6.31. The summed E-state index contributed by atoms with van der Waals surface area (Å²) in [4.78, 5) is 4.17. The number of hydrogen-bond donors (Lipinski definition) is 3. The molecule has 0 aliphatic rings. The smallest absolute Gasteiger partial charge is 0.190 e. The second-order valence-electron chi connectivity index (χ2n) is 4.61. The van der Waals surface area contributed by atoms with Gasteiger partial charge in [0.15, 0.2) is 5.96 Å². The summed E-state index contributed by atoms with van der Waals surface area (Å²) < 4.78 is 2.16. The molecule has 0 unspecified atom stereocenters. The van der Waals surface area contributed by atoms with Crippen molar-refractivity contribution >= 4 is 22.5 Å². The third-order valence-electron chi connectivity index (χ3n) is 3.16. The predicted molar refractivity (Wildman–Crippen MR) is 80.8 cm³/mol. The van der Waals surface area contributed by atoms with Crippen LogP contribution in [0, 0.1) is 5.41 Å². The molecule has 0 amide bonds. The molecule has 3 rings (SSSR count). The fourth-order valence-corrected chi connectivity index (χ4v) is 2.21. The van der Waals surface area contributed by atoms with E-state index in [2.05, 4.69) is 27.1 Å². The summed E-state index contributed by atoms with van der Waals surface area (Å²) in [5.41, 5.74) is 8.42. The van der Waals surface area contributed by atoms with Crippen LogP contribution < -0.4 is 11.1 Å². The molecule has 0 saturated carbocycles. The SMILES string of the molecule is N=C(N)Nc1ccc(Cn2ccc3ccncc32)cc1. The van der Waals surface area contributed by atoms with E-state index in [9.17, 15) is 0 Å². The van der Waals surface area contributed by atoms with E-state index in [0.717, 1.165) is 17.7 Å². The number of aromatic nitrogens is 2. The number of hydrogen-bond acceptors (Lipinski definition) is 2. The summed E-state index contributed by atoms with van der Waals surface area (Å²) in [6.45, 7) is 0.787. The van der Waals surface area contributed by atoms with Gasteiger partial charge in [-0.15, -0.1) is 0 Å². The van der Waals surface area contributed by atoms with Crippen molar-refractivity contribution in [2.75, 3.05) is 5.32 Å². The molecule has 0 radical (unpaired) electrons. The lowest BCUT2D eigenvalue weighted by atomic mass is 10.2. The Hall–Kier alpha value is -2.82. The lowest BCUT2D eigenvalue weighted by molar-refractivity contribution is 0.835. The Labute approximate surface area is 116 Å². The van der Waals surface area contributed by atoms with Crippen LogP contribution in [0.1, 0.15) is 5.56 Å². The summed E-state index contributed by atoms with van der Waals surface area (Å²) >= 11 is 0. The Kier molecular flexibility index (Phi) is 3.09. The second-order valence-corrected chi connectivity index (χ2v) is 4.61. The van der Waals surface area contributed by atoms with Crippen LogP contribution in [0.4, 0.5) is 5.69 Å². The second kappa shape index (κ2) is 5.05. The fourth-order valence-electron chi connectivity index (χ4n) is 2.21. The molecule has 1 aromatic carbocycles. The average Bonchev–Trinajstić information content (AvgIpc) is 2.84. The zero-order valence-electron chi connectivity index (χ0n) is 10.9. The van der Waals surface area contributed by atoms with Gasteiger partial charge in [-0.2, -0.15) is 0 Å². The summed E-state index contributed by atoms with van der Waals surface area (Å²) in [5, 5.41) is 11.1. The van der Waals surface area contributed by atoms with Crippen molar-refractivity contribution in [2.45, 2.75) is 6.54 Å². The number of nitrogens with zero attached hydrogens (tertiary/aromatic N) is 2. The van der Waals surface area contributed by atoms with Crippen molar-refractivity contribution in [1.82, 2.24) is 9.55 Å². The maximum atomic E-state index is 7.19. The van der Waals surface area contributed by atoms with Gasteiger partial charge in [0.1, 0.15) is 0 Å². The van der Waals surface area contributed by atoms with Crippen molar-refractivity contribution < 1.29 is 0 Å². The highest BCUT2D eigenvalue weighted by molar-refractivity contribution is 5.89. The number of fused-ring (bicyclic) bond motifs is 1. The van der Waals surface area contributed by atoms with Crippen molar-refractivity contribution in [3.8, 4) is 0 Å². The first-order valence-corrected chi connectivity index (χ1v) is 6.31. The third kappa shape index (κ3) is 2.47. The fraction of sp³-hybridized carbons (Fsp3) is 0.0667. The number of nitrogens with one attached hydrogen (secondary N) is 2. The normalized spacial score (nSPS) is 10.6. The molecule has 5 nitrogen and oxygen atoms in total. The zero-order chi connectivity index (χ0) is 13.9. The van der Waals surface area contributed by atoms with Gasteiger partial charge >= 0.3 is 0 Å². The van der Waals surface area contributed by atoms with Crippen LogP contribution in [-0.4, -0.2) is 15.5 Å². The molecule has 0 aliphatic heterocycles. The van der Waals surface area contributed by atoms with Gasteiger partial charge in [0.05, 0.1) is 11.7 Å². The van der Waals surface area contributed by atoms with Crippen molar-refractivity contribution in [1.29, 1.82) is 5.41 Å². The molecule has 0 aliphatic carbocycles. The minimum Gasteiger partial charge on any atom is -0.370 e. The molecule has 100 valence electrons. The van der Waals surface area contributed by atoms with Gasteiger partial charge < -0.3 is 15.6 Å². The summed E-state index contributed by atoms with van der Waals surface area (Å²) in [7, 11) is 0. The van der Waals surface area contributed by atoms with E-state index in [4.69, 9.17) is 11.1 Å². The van der Waals surface area contributed by atoms with Crippen LogP contribution >= 0.6 is 0 Å². The van der Waals surface area contributed by atoms with Crippen molar-refractivity contribution in [2.24, 2.45) is 5.73 Å². The van der Waals surface area contributed by atoms with E-state index >= 15 is 0 Å². The summed E-state index contributed by atoms with van der Waals surface area (Å²) in [6, 6.07) is 12.0. The summed E-state index contributed by atoms with van der Waals surface area (Å²) in [6.07, 6.45) is 5.74. The Morgan fingerprint density at radius 3 is 2.75 bits per heavy atom. The minimum atomic E-state index is -0.0553. The average molecular weight is 265 g/mol. The van der Waals surface area contributed by atoms with Crippen molar-refractivity contribution in [3.05, 3.63) is 60.6 Å². The number of guanidine groups is 1. The largest absolute Gasteiger partial charge is 0.370 e. The molecule has 0 bridgehead atoms. The molecular weight excluding hydrogens is 250 g/mol. The Morgan fingerprint density at radius 2 is 2.00 bits per heavy atom. The van der Waals surface area contributed by atoms with E-state index in [1.165, 1.54) is 10.9 Å². The van der Waals surface area contributed by atoms with E-state index in [1.54, 1.807) is 6.20 Å². The van der Waals surface area contributed by atoms with E-state index in [-0.39, 0.29) is 5.96 Å². The van der Waals surface area contributed by atoms with Gasteiger partial charge in [-0.05, 0) is 29.8 Å². The van der Waals surface area contributed by atoms with E-state index in [0.29, 0.717) is 0 Å². The number of nitrogens with two attached hydrogens (primary N) is 1. The van der Waals surface area contributed by atoms with Gasteiger partial charge in [0.2, 0.25) is 0 Å². The van der Waals surface area contributed by atoms with Gasteiger partial charge in [-0.1, -0.05) is 12.1 Å². The van der Waals surface area contributed by atoms with Crippen LogP contribution in [0.2, 0.25) is 0 Å². The molecule has 5 heteroatoms. The van der Waals surface area contributed by atoms with Gasteiger partial charge in [0, 0.05) is 30.0 Å². The summed E-state index contributed by atoms with van der Waals surface area (Å²) in [5.74, 6) is -0.0553. The maximum Gasteiger partial charge on any atom is 0.190 e. The van der Waals surface area contributed by atoms with Crippen LogP contribution in [0.5, 0.6) is 0 Å². The molecule has 0 saturated heterocycles. The molecular formula is C15H15N5. The number of benzene rings is 1. The lowest BCUT2D eigenvalue weighted by Crippen LogP contribution is -2.20. The number of rotatable bonds is 3. The van der Waals surface area contributed by atoms with Crippen LogP contribution in [0.15, 0.2) is 55.0 Å². The highest BCUT2D eigenvalue weighted by atomic mass is 15.0. The Morgan fingerprint density at radius 1 is 1.20 bits per heavy atom. The first-order chi connectivity index (χ1) is 9.72. The maximum absolute atomic E-state index is 7.19. The lowest BCUT2D eigenvalue weighted by Gasteiger charge is -2.07. The predicted octanol–water partition coefficient (Wildman–Crippen LogP) is 2.39. The topological polar surface area (TPSA) is 79.7 Å². The minimum absolute atomic E-state index is 0.0553. The molecule has 0 fully saturated rings. The third-order valence-corrected chi connectivity index (χ3v) is 3.16. The zero-order valence-corrected chi connectivity index (χ0v) is 10.9. The monoisotopic (exact) mass is 265 g/mol. The molecule has 4 N–H and O–H groups in total. The van der Waals surface area contributed by atoms with Crippen molar-refractivity contribution in [3.63, 3.8) is 0 Å². The van der Waals surface area contributed by atoms with Crippen LogP contribution in [0.25, 0.3) is 10.9 Å². The standard InChI is InChI=1S/C15H15N5/c16-15(17)19-13-3-1-11(2-4-13)10-20-8-6-12-5-7-18-9-14(12)20/h1-9H,10H2,(H4,16,17,19). The Balaban J connectivity index is 1.82. The van der Waals surface area contributed by atoms with Crippen LogP contribution in [-0.2, 0) is 6.54 Å². The van der Waals surface area contributed by atoms with Gasteiger partial charge in [0.25, 0.3) is 0 Å². The highest BCUT2D eigenvalue weighted by Crippen LogP contribution is 2.16. The van der Waals surface area contributed by atoms with Gasteiger partial charge in [-0.3, -0.25) is 10.4 Å². The quantitative estimate of drug-likeness (QED) is 0.502. The molecule has 0 spiro atoms. The number of anilines is 1. The first kappa shape index (κ1) is 12.2. The molecule has 2 aromatic heterocycles. The molecule has 2 heterocycles. The number of pyridine rings is 1. The molecule has 3 aromatic rings. The Bertz CT molecular complexity index is 742. The highest BCUT2D eigenvalue weighted by Gasteiger charge is 2.02. The molecule has 0 atom stereocenters. The van der Waals surface area contributed by atoms with E-state index < -0.39 is 0 Å². The van der Waals surface area contributed by atoms with Crippen LogP contribution in [0.3, 0.4) is 0 Å². The van der Waals surface area contributed by atoms with E-state index in [1.807, 2.05) is 36.5 Å².